The third-order valence-electron chi connectivity index (χ3n) is 7.22. The largest absolute Gasteiger partial charge is 0.379 e. The average molecular weight is 583 g/mol. The van der Waals surface area contributed by atoms with Crippen LogP contribution in [0.25, 0.3) is 19.8 Å². The second-order valence-electron chi connectivity index (χ2n) is 9.83. The monoisotopic (exact) mass is 582 g/mol. The van der Waals surface area contributed by atoms with Crippen LogP contribution in [-0.4, -0.2) is 49.3 Å². The number of carbonyl (C=O) groups is 1. The van der Waals surface area contributed by atoms with E-state index >= 15 is 0 Å². The van der Waals surface area contributed by atoms with E-state index in [1.807, 2.05) is 22.9 Å². The summed E-state index contributed by atoms with van der Waals surface area (Å²) in [6, 6.07) is 5.82. The summed E-state index contributed by atoms with van der Waals surface area (Å²) in [4.78, 5) is 32.8. The molecule has 6 rings (SSSR count). The number of ether oxygens (including phenoxy) is 1. The molecule has 1 aliphatic carbocycles. The van der Waals surface area contributed by atoms with Crippen molar-refractivity contribution in [2.45, 2.75) is 37.8 Å². The molecule has 4 aromatic heterocycles. The lowest BCUT2D eigenvalue weighted by Gasteiger charge is -2.30. The van der Waals surface area contributed by atoms with Crippen LogP contribution in [0.15, 0.2) is 40.0 Å². The van der Waals surface area contributed by atoms with Gasteiger partial charge in [0, 0.05) is 42.2 Å². The highest BCUT2D eigenvalue weighted by Gasteiger charge is 2.23. The molecule has 39 heavy (non-hydrogen) atoms. The topological polar surface area (TPSA) is 136 Å². The van der Waals surface area contributed by atoms with Crippen molar-refractivity contribution >= 4 is 71.4 Å². The molecule has 2 aliphatic rings. The van der Waals surface area contributed by atoms with Gasteiger partial charge in [-0.25, -0.2) is 4.98 Å². The van der Waals surface area contributed by atoms with E-state index in [0.717, 1.165) is 75.0 Å². The molecule has 0 aromatic carbocycles. The number of hydrogen-bond donors (Lipinski definition) is 4. The van der Waals surface area contributed by atoms with Crippen LogP contribution in [0.2, 0.25) is 0 Å². The molecule has 5 heterocycles. The van der Waals surface area contributed by atoms with Crippen molar-refractivity contribution in [1.82, 2.24) is 4.98 Å². The van der Waals surface area contributed by atoms with E-state index in [-0.39, 0.29) is 23.2 Å². The van der Waals surface area contributed by atoms with Crippen LogP contribution < -0.4 is 32.4 Å². The molecule has 0 radical (unpaired) electrons. The fourth-order valence-electron chi connectivity index (χ4n) is 5.18. The molecule has 9 nitrogen and oxygen atoms in total. The molecule has 4 aromatic rings. The van der Waals surface area contributed by atoms with Crippen LogP contribution in [0.5, 0.6) is 0 Å². The Balaban J connectivity index is 1.34. The number of carbonyl (C=O) groups excluding carboxylic acids is 1. The molecular formula is C27H30N6O3S3. The van der Waals surface area contributed by atoms with Crippen molar-refractivity contribution in [1.29, 1.82) is 0 Å². The van der Waals surface area contributed by atoms with Crippen molar-refractivity contribution in [3.05, 3.63) is 51.1 Å². The van der Waals surface area contributed by atoms with Gasteiger partial charge in [0.2, 0.25) is 0 Å². The zero-order valence-electron chi connectivity index (χ0n) is 21.3. The molecular weight excluding hydrogens is 553 g/mol. The van der Waals surface area contributed by atoms with Gasteiger partial charge in [-0.15, -0.1) is 34.0 Å². The molecule has 0 unspecified atom stereocenters. The third-order valence-corrected chi connectivity index (χ3v) is 10.5. The number of thiophene rings is 2. The number of rotatable bonds is 7. The molecule has 1 amide bonds. The van der Waals surface area contributed by atoms with E-state index in [1.54, 1.807) is 34.9 Å². The van der Waals surface area contributed by atoms with E-state index in [1.165, 1.54) is 11.3 Å². The van der Waals surface area contributed by atoms with Gasteiger partial charge in [-0.1, -0.05) is 12.8 Å². The summed E-state index contributed by atoms with van der Waals surface area (Å²) in [6.07, 6.45) is 5.90. The number of morpholine rings is 1. The number of nitrogens with one attached hydrogen (secondary N) is 2. The highest BCUT2D eigenvalue weighted by atomic mass is 32.1. The van der Waals surface area contributed by atoms with Gasteiger partial charge in [0.15, 0.2) is 11.1 Å². The third kappa shape index (κ3) is 5.39. The molecule has 0 bridgehead atoms. The number of primary amides is 1. The maximum Gasteiger partial charge on any atom is 0.269 e. The number of nitrogens with zero attached hydrogens (tertiary/aromatic N) is 2. The van der Waals surface area contributed by atoms with Gasteiger partial charge in [0.05, 0.1) is 55.8 Å². The molecule has 204 valence electrons. The van der Waals surface area contributed by atoms with Crippen molar-refractivity contribution < 1.29 is 9.53 Å². The van der Waals surface area contributed by atoms with Gasteiger partial charge in [0.25, 0.3) is 5.91 Å². The molecule has 1 saturated carbocycles. The summed E-state index contributed by atoms with van der Waals surface area (Å²) in [5.41, 5.74) is 15.4. The van der Waals surface area contributed by atoms with Crippen molar-refractivity contribution in [2.75, 3.05) is 41.8 Å². The van der Waals surface area contributed by atoms with Gasteiger partial charge < -0.3 is 31.7 Å². The van der Waals surface area contributed by atoms with E-state index in [2.05, 4.69) is 20.5 Å². The smallest absolute Gasteiger partial charge is 0.269 e. The number of pyridine rings is 1. The van der Waals surface area contributed by atoms with E-state index in [4.69, 9.17) is 16.2 Å². The standard InChI is InChI=1S/C27H30N6O3S3/c28-17-3-1-2-4-18(17)31-15-11-20(23(27(29)35)30-13-15)32-19-5-10-37-24(19)16-14-38-26-21(34)12-22(39-25(16)26)33-6-8-36-9-7-33/h5,10-14,17-18,31-32H,1-4,6-9,28H2,(H2,29,35)/t17-,18+/m1/s1. The second kappa shape index (κ2) is 11.2. The van der Waals surface area contributed by atoms with E-state index in [0.29, 0.717) is 18.9 Å². The number of nitrogens with two attached hydrogens (primary N) is 2. The fourth-order valence-corrected chi connectivity index (χ4v) is 8.55. The Morgan fingerprint density at radius 2 is 1.92 bits per heavy atom. The highest BCUT2D eigenvalue weighted by Crippen LogP contribution is 2.44. The van der Waals surface area contributed by atoms with Crippen LogP contribution in [0.3, 0.4) is 0 Å². The van der Waals surface area contributed by atoms with Gasteiger partial charge in [0.1, 0.15) is 0 Å². The zero-order chi connectivity index (χ0) is 26.9. The Morgan fingerprint density at radius 1 is 1.10 bits per heavy atom. The predicted molar refractivity (Wildman–Crippen MR) is 162 cm³/mol. The van der Waals surface area contributed by atoms with E-state index < -0.39 is 5.91 Å². The SMILES string of the molecule is NC(=O)c1ncc(N[C@H]2CCCC[C@H]2N)cc1Nc1ccsc1-c1csc2c(=O)cc(N3CCOCC3)sc12. The first-order valence-corrected chi connectivity index (χ1v) is 15.6. The molecule has 2 fully saturated rings. The summed E-state index contributed by atoms with van der Waals surface area (Å²) in [6.45, 7) is 2.86. The minimum atomic E-state index is -0.607. The van der Waals surface area contributed by atoms with Crippen molar-refractivity contribution in [2.24, 2.45) is 11.5 Å². The Labute approximate surface area is 237 Å². The Morgan fingerprint density at radius 3 is 2.72 bits per heavy atom. The first kappa shape index (κ1) is 26.2. The van der Waals surface area contributed by atoms with Crippen LogP contribution in [0.4, 0.5) is 22.1 Å². The van der Waals surface area contributed by atoms with Crippen molar-refractivity contribution in [3.63, 3.8) is 0 Å². The van der Waals surface area contributed by atoms with Gasteiger partial charge in [-0.3, -0.25) is 9.59 Å². The molecule has 0 spiro atoms. The van der Waals surface area contributed by atoms with E-state index in [9.17, 15) is 9.59 Å². The quantitative estimate of drug-likeness (QED) is 0.244. The normalized spacial score (nSPS) is 19.8. The maximum absolute atomic E-state index is 13.0. The predicted octanol–water partition coefficient (Wildman–Crippen LogP) is 4.81. The lowest BCUT2D eigenvalue weighted by atomic mass is 9.91. The minimum Gasteiger partial charge on any atom is -0.379 e. The number of fused-ring (bicyclic) bond motifs is 1. The molecule has 12 heteroatoms. The second-order valence-corrected chi connectivity index (χ2v) is 12.7. The summed E-state index contributed by atoms with van der Waals surface area (Å²) in [5, 5.41) is 11.9. The first-order chi connectivity index (χ1) is 19.0. The first-order valence-electron chi connectivity index (χ1n) is 13.0. The molecule has 1 aliphatic heterocycles. The summed E-state index contributed by atoms with van der Waals surface area (Å²) in [5.74, 6) is -0.607. The number of anilines is 4. The number of amides is 1. The van der Waals surface area contributed by atoms with Crippen LogP contribution in [0.1, 0.15) is 36.2 Å². The number of aromatic nitrogens is 1. The molecule has 2 atom stereocenters. The average Bonchev–Trinajstić information content (AvgIpc) is 3.57. The van der Waals surface area contributed by atoms with Gasteiger partial charge in [-0.05, 0) is 30.4 Å². The van der Waals surface area contributed by atoms with Crippen LogP contribution in [-0.2, 0) is 4.74 Å². The summed E-state index contributed by atoms with van der Waals surface area (Å²) >= 11 is 4.68. The molecule has 6 N–H and O–H groups in total. The minimum absolute atomic E-state index is 0.0347. The molecule has 1 saturated heterocycles. The van der Waals surface area contributed by atoms with Crippen LogP contribution in [0, 0.1) is 0 Å². The summed E-state index contributed by atoms with van der Waals surface area (Å²) in [7, 11) is 0. The number of hydrogen-bond acceptors (Lipinski definition) is 11. The Hall–Kier alpha value is -3.03. The van der Waals surface area contributed by atoms with Gasteiger partial charge in [-0.2, -0.15) is 0 Å². The maximum atomic E-state index is 13.0. The summed E-state index contributed by atoms with van der Waals surface area (Å²) < 4.78 is 7.21. The Kier molecular flexibility index (Phi) is 7.54. The fraction of sp³-hybridized carbons (Fsp3) is 0.370. The van der Waals surface area contributed by atoms with Gasteiger partial charge >= 0.3 is 0 Å². The lowest BCUT2D eigenvalue weighted by molar-refractivity contribution is 0.0996. The van der Waals surface area contributed by atoms with Crippen LogP contribution >= 0.6 is 34.0 Å². The van der Waals surface area contributed by atoms with Crippen molar-refractivity contribution in [3.8, 4) is 10.4 Å². The highest BCUT2D eigenvalue weighted by molar-refractivity contribution is 7.29. The lowest BCUT2D eigenvalue weighted by Crippen LogP contribution is -2.42. The zero-order valence-corrected chi connectivity index (χ0v) is 23.7. The Bertz CT molecular complexity index is 1560.